The molecule has 0 aliphatic heterocycles. The van der Waals surface area contributed by atoms with E-state index >= 15 is 0 Å². The van der Waals surface area contributed by atoms with E-state index in [1.54, 1.807) is 12.4 Å². The maximum absolute atomic E-state index is 10.6. The fourth-order valence-electron chi connectivity index (χ4n) is 4.77. The van der Waals surface area contributed by atoms with E-state index in [0.29, 0.717) is 18.2 Å². The molecule has 2 aliphatic carbocycles. The summed E-state index contributed by atoms with van der Waals surface area (Å²) in [6.45, 7) is 4.32. The molecule has 158 valence electrons. The number of nitrogens with two attached hydrogens (primary N) is 1. The summed E-state index contributed by atoms with van der Waals surface area (Å²) in [6.07, 6.45) is 14.4. The first-order chi connectivity index (χ1) is 14.1. The smallest absolute Gasteiger partial charge is 0.211 e. The zero-order chi connectivity index (χ0) is 20.6. The second kappa shape index (κ2) is 10.8. The topological polar surface area (TPSA) is 80.9 Å². The fraction of sp³-hybridized carbons (Fsp3) is 0.609. The van der Waals surface area contributed by atoms with Crippen molar-refractivity contribution < 1.29 is 4.79 Å². The molecule has 3 unspecified atom stereocenters. The zero-order valence-corrected chi connectivity index (χ0v) is 18.5. The Balaban J connectivity index is 0.000000176. The molecule has 0 bridgehead atoms. The SMILES string of the molecule is CC1CC(N)CC(c2ccncc2NC=O)C1.Cc1csc(C2CCCCC2)n1. The number of anilines is 1. The molecule has 1 amide bonds. The molecule has 0 radical (unpaired) electrons. The van der Waals surface area contributed by atoms with Crippen LogP contribution in [0.5, 0.6) is 0 Å². The molecule has 5 nitrogen and oxygen atoms in total. The highest BCUT2D eigenvalue weighted by atomic mass is 32.1. The Hall–Kier alpha value is -1.79. The van der Waals surface area contributed by atoms with Crippen molar-refractivity contribution in [3.8, 4) is 0 Å². The Morgan fingerprint density at radius 3 is 2.62 bits per heavy atom. The second-order valence-corrected chi connectivity index (χ2v) is 9.55. The number of carbonyl (C=O) groups excluding carboxylic acids is 1. The Bertz CT molecular complexity index is 762. The summed E-state index contributed by atoms with van der Waals surface area (Å²) in [5.74, 6) is 1.86. The molecular weight excluding hydrogens is 380 g/mol. The van der Waals surface area contributed by atoms with Crippen LogP contribution in [-0.4, -0.2) is 22.4 Å². The summed E-state index contributed by atoms with van der Waals surface area (Å²) in [6, 6.07) is 2.25. The zero-order valence-electron chi connectivity index (χ0n) is 17.6. The third-order valence-corrected chi connectivity index (χ3v) is 7.20. The second-order valence-electron chi connectivity index (χ2n) is 8.66. The first-order valence-electron chi connectivity index (χ1n) is 10.9. The summed E-state index contributed by atoms with van der Waals surface area (Å²) >= 11 is 1.84. The molecule has 2 fully saturated rings. The number of pyridine rings is 1. The van der Waals surface area contributed by atoms with Gasteiger partial charge >= 0.3 is 0 Å². The molecule has 2 aliphatic rings. The lowest BCUT2D eigenvalue weighted by Crippen LogP contribution is -2.31. The predicted molar refractivity (Wildman–Crippen MR) is 120 cm³/mol. The van der Waals surface area contributed by atoms with Crippen LogP contribution in [0.25, 0.3) is 0 Å². The number of amides is 1. The minimum Gasteiger partial charge on any atom is -0.328 e. The van der Waals surface area contributed by atoms with Crippen LogP contribution in [0.15, 0.2) is 23.8 Å². The van der Waals surface area contributed by atoms with Crippen molar-refractivity contribution in [3.05, 3.63) is 40.1 Å². The van der Waals surface area contributed by atoms with Gasteiger partial charge in [-0.1, -0.05) is 26.2 Å². The van der Waals surface area contributed by atoms with Gasteiger partial charge in [0.15, 0.2) is 0 Å². The van der Waals surface area contributed by atoms with Gasteiger partial charge < -0.3 is 11.1 Å². The fourth-order valence-corrected chi connectivity index (χ4v) is 5.73. The van der Waals surface area contributed by atoms with Crippen molar-refractivity contribution in [1.29, 1.82) is 0 Å². The molecule has 3 N–H and O–H groups in total. The Morgan fingerprint density at radius 2 is 1.97 bits per heavy atom. The Kier molecular flexibility index (Phi) is 8.19. The van der Waals surface area contributed by atoms with Crippen LogP contribution >= 0.6 is 11.3 Å². The van der Waals surface area contributed by atoms with Gasteiger partial charge in [-0.2, -0.15) is 0 Å². The van der Waals surface area contributed by atoms with Gasteiger partial charge in [0.2, 0.25) is 6.41 Å². The van der Waals surface area contributed by atoms with Gasteiger partial charge in [0, 0.05) is 29.2 Å². The number of aryl methyl sites for hydroxylation is 1. The lowest BCUT2D eigenvalue weighted by Gasteiger charge is -2.32. The number of nitrogens with one attached hydrogen (secondary N) is 1. The lowest BCUT2D eigenvalue weighted by atomic mass is 9.76. The van der Waals surface area contributed by atoms with Gasteiger partial charge in [-0.15, -0.1) is 11.3 Å². The number of aromatic nitrogens is 2. The lowest BCUT2D eigenvalue weighted by molar-refractivity contribution is -0.105. The van der Waals surface area contributed by atoms with E-state index in [4.69, 9.17) is 5.73 Å². The maximum atomic E-state index is 10.6. The van der Waals surface area contributed by atoms with E-state index in [-0.39, 0.29) is 6.04 Å². The first-order valence-corrected chi connectivity index (χ1v) is 11.8. The van der Waals surface area contributed by atoms with Gasteiger partial charge in [0.25, 0.3) is 0 Å². The Labute approximate surface area is 178 Å². The Morgan fingerprint density at radius 1 is 1.17 bits per heavy atom. The van der Waals surface area contributed by atoms with Gasteiger partial charge in [0.1, 0.15) is 0 Å². The minimum atomic E-state index is 0.265. The van der Waals surface area contributed by atoms with Gasteiger partial charge in [-0.3, -0.25) is 9.78 Å². The molecule has 2 saturated carbocycles. The van der Waals surface area contributed by atoms with Crippen molar-refractivity contribution in [2.75, 3.05) is 5.32 Å². The highest BCUT2D eigenvalue weighted by Crippen LogP contribution is 2.38. The van der Waals surface area contributed by atoms with Crippen LogP contribution in [-0.2, 0) is 4.79 Å². The standard InChI is InChI=1S/C13H19N3O.C10H15NS/c1-9-4-10(6-11(14)5-9)12-2-3-15-7-13(12)16-8-17;1-8-7-12-10(11-8)9-5-3-2-4-6-9/h2-3,7-11H,4-6,14H2,1H3,(H,16,17);7,9H,2-6H2,1H3. The summed E-state index contributed by atoms with van der Waals surface area (Å²) < 4.78 is 0. The molecule has 2 aromatic rings. The summed E-state index contributed by atoms with van der Waals surface area (Å²) in [4.78, 5) is 19.2. The molecule has 6 heteroatoms. The summed E-state index contributed by atoms with van der Waals surface area (Å²) in [5.41, 5.74) is 9.24. The minimum absolute atomic E-state index is 0.265. The van der Waals surface area contributed by atoms with Gasteiger partial charge in [0.05, 0.1) is 16.9 Å². The van der Waals surface area contributed by atoms with Crippen LogP contribution in [0.2, 0.25) is 0 Å². The van der Waals surface area contributed by atoms with Gasteiger partial charge in [-0.05, 0) is 62.5 Å². The average molecular weight is 415 g/mol. The number of nitrogens with zero attached hydrogens (tertiary/aromatic N) is 2. The maximum Gasteiger partial charge on any atom is 0.211 e. The van der Waals surface area contributed by atoms with Crippen LogP contribution in [0.4, 0.5) is 5.69 Å². The van der Waals surface area contributed by atoms with Crippen LogP contribution < -0.4 is 11.1 Å². The third-order valence-electron chi connectivity index (χ3n) is 6.08. The first kappa shape index (κ1) is 21.9. The third kappa shape index (κ3) is 6.34. The predicted octanol–water partition coefficient (Wildman–Crippen LogP) is 5.38. The quantitative estimate of drug-likeness (QED) is 0.658. The molecule has 0 saturated heterocycles. The molecule has 2 aromatic heterocycles. The van der Waals surface area contributed by atoms with Crippen molar-refractivity contribution in [2.45, 2.75) is 83.1 Å². The normalized spacial score (nSPS) is 25.0. The van der Waals surface area contributed by atoms with Crippen molar-refractivity contribution in [2.24, 2.45) is 11.7 Å². The molecule has 2 heterocycles. The molecule has 3 atom stereocenters. The number of rotatable bonds is 4. The highest BCUT2D eigenvalue weighted by molar-refractivity contribution is 7.09. The van der Waals surface area contributed by atoms with Crippen LogP contribution in [0, 0.1) is 12.8 Å². The van der Waals surface area contributed by atoms with Crippen molar-refractivity contribution in [3.63, 3.8) is 0 Å². The van der Waals surface area contributed by atoms with Crippen LogP contribution in [0.1, 0.15) is 86.4 Å². The van der Waals surface area contributed by atoms with E-state index < -0.39 is 0 Å². The number of hydrogen-bond donors (Lipinski definition) is 2. The summed E-state index contributed by atoms with van der Waals surface area (Å²) in [5, 5.41) is 6.27. The van der Waals surface area contributed by atoms with Crippen molar-refractivity contribution >= 4 is 23.4 Å². The molecule has 29 heavy (non-hydrogen) atoms. The molecule has 4 rings (SSSR count). The van der Waals surface area contributed by atoms with E-state index in [0.717, 1.165) is 36.4 Å². The van der Waals surface area contributed by atoms with Gasteiger partial charge in [-0.25, -0.2) is 4.98 Å². The molecule has 0 spiro atoms. The number of thiazole rings is 1. The van der Waals surface area contributed by atoms with E-state index in [9.17, 15) is 4.79 Å². The van der Waals surface area contributed by atoms with E-state index in [2.05, 4.69) is 34.5 Å². The van der Waals surface area contributed by atoms with Crippen molar-refractivity contribution in [1.82, 2.24) is 9.97 Å². The largest absolute Gasteiger partial charge is 0.328 e. The monoisotopic (exact) mass is 414 g/mol. The molecule has 0 aromatic carbocycles. The van der Waals surface area contributed by atoms with Crippen LogP contribution in [0.3, 0.4) is 0 Å². The number of carbonyl (C=O) groups is 1. The van der Waals surface area contributed by atoms with E-state index in [1.807, 2.05) is 17.4 Å². The highest BCUT2D eigenvalue weighted by Gasteiger charge is 2.26. The molecular formula is C23H34N4OS. The summed E-state index contributed by atoms with van der Waals surface area (Å²) in [7, 11) is 0. The number of hydrogen-bond acceptors (Lipinski definition) is 5. The van der Waals surface area contributed by atoms with E-state index in [1.165, 1.54) is 42.8 Å². The average Bonchev–Trinajstić information content (AvgIpc) is 3.16.